The molecule has 0 radical (unpaired) electrons. The van der Waals surface area contributed by atoms with Crippen molar-refractivity contribution in [2.75, 3.05) is 4.90 Å². The van der Waals surface area contributed by atoms with E-state index in [-0.39, 0.29) is 0 Å². The summed E-state index contributed by atoms with van der Waals surface area (Å²) in [4.78, 5) is 4.96. The summed E-state index contributed by atoms with van der Waals surface area (Å²) in [5.41, 5.74) is 9.94. The Kier molecular flexibility index (Phi) is 7.05. The highest BCUT2D eigenvalue weighted by molar-refractivity contribution is 7.99. The van der Waals surface area contributed by atoms with E-state index < -0.39 is 5.41 Å². The van der Waals surface area contributed by atoms with Crippen molar-refractivity contribution in [3.8, 4) is 22.6 Å². The SMILES string of the molecule is c1ccc(C2(c3ccccc3)c3ccccc3Oc3ccc(-c4ccc5c(c4)N(c4cccc6ccccc46)c4cc6ccccc6cc4S5)cc32)cc1. The number of benzene rings is 9. The molecule has 2 aliphatic rings. The number of fused-ring (bicyclic) bond motifs is 6. The molecule has 0 bridgehead atoms. The Labute approximate surface area is 318 Å². The van der Waals surface area contributed by atoms with Crippen molar-refractivity contribution in [2.45, 2.75) is 15.2 Å². The standard InChI is InChI=1S/C51H33NOS/c1-3-18-39(19-4-1)51(40-20-5-2-6-21-40)42-23-11-12-25-47(42)53-48-28-26-37(30-43(48)51)38-27-29-49-45(32-38)52(44-24-13-17-34-14-9-10-22-41(34)44)46-31-35-15-7-8-16-36(35)33-50(46)54-49/h1-33H. The molecule has 11 rings (SSSR count). The van der Waals surface area contributed by atoms with E-state index in [1.165, 1.54) is 59.5 Å². The summed E-state index contributed by atoms with van der Waals surface area (Å²) in [5, 5.41) is 4.93. The van der Waals surface area contributed by atoms with E-state index in [1.807, 2.05) is 11.8 Å². The average Bonchev–Trinajstić information content (AvgIpc) is 3.24. The fourth-order valence-corrected chi connectivity index (χ4v) is 9.79. The van der Waals surface area contributed by atoms with Crippen LogP contribution in [0.15, 0.2) is 210 Å². The van der Waals surface area contributed by atoms with Crippen LogP contribution in [0.1, 0.15) is 22.3 Å². The molecule has 0 aliphatic carbocycles. The zero-order valence-electron chi connectivity index (χ0n) is 29.3. The summed E-state index contributed by atoms with van der Waals surface area (Å²) in [5.74, 6) is 1.75. The van der Waals surface area contributed by atoms with Crippen LogP contribution in [0.2, 0.25) is 0 Å². The van der Waals surface area contributed by atoms with Crippen LogP contribution in [-0.4, -0.2) is 0 Å². The Balaban J connectivity index is 1.14. The topological polar surface area (TPSA) is 12.5 Å². The maximum absolute atomic E-state index is 6.74. The molecule has 2 aliphatic heterocycles. The number of rotatable bonds is 4. The van der Waals surface area contributed by atoms with Crippen LogP contribution in [-0.2, 0) is 5.41 Å². The zero-order chi connectivity index (χ0) is 35.6. The highest BCUT2D eigenvalue weighted by Gasteiger charge is 2.45. The van der Waals surface area contributed by atoms with Crippen molar-refractivity contribution >= 4 is 50.4 Å². The third-order valence-electron chi connectivity index (χ3n) is 11.1. The highest BCUT2D eigenvalue weighted by atomic mass is 32.2. The van der Waals surface area contributed by atoms with Crippen molar-refractivity contribution < 1.29 is 4.74 Å². The molecule has 0 unspecified atom stereocenters. The van der Waals surface area contributed by atoms with E-state index in [0.717, 1.165) is 33.8 Å². The number of ether oxygens (including phenoxy) is 1. The quantitative estimate of drug-likeness (QED) is 0.181. The lowest BCUT2D eigenvalue weighted by molar-refractivity contribution is 0.434. The fraction of sp³-hybridized carbons (Fsp3) is 0.0196. The molecule has 0 atom stereocenters. The third kappa shape index (κ3) is 4.68. The van der Waals surface area contributed by atoms with Gasteiger partial charge in [0.1, 0.15) is 11.5 Å². The van der Waals surface area contributed by atoms with Crippen molar-refractivity contribution in [1.82, 2.24) is 0 Å². The van der Waals surface area contributed by atoms with Gasteiger partial charge in [0.2, 0.25) is 0 Å². The van der Waals surface area contributed by atoms with E-state index in [1.54, 1.807) is 0 Å². The molecule has 54 heavy (non-hydrogen) atoms. The van der Waals surface area contributed by atoms with Crippen LogP contribution >= 0.6 is 11.8 Å². The molecule has 9 aromatic rings. The van der Waals surface area contributed by atoms with Crippen LogP contribution < -0.4 is 9.64 Å². The lowest BCUT2D eigenvalue weighted by atomic mass is 9.63. The molecule has 9 aromatic carbocycles. The first-order valence-corrected chi connectivity index (χ1v) is 19.2. The average molecular weight is 708 g/mol. The maximum atomic E-state index is 6.74. The molecule has 0 saturated heterocycles. The van der Waals surface area contributed by atoms with E-state index >= 15 is 0 Å². The summed E-state index contributed by atoms with van der Waals surface area (Å²) in [6, 6.07) is 72.7. The van der Waals surface area contributed by atoms with Crippen LogP contribution in [0.25, 0.3) is 32.7 Å². The molecule has 3 heteroatoms. The van der Waals surface area contributed by atoms with Crippen LogP contribution in [0, 0.1) is 0 Å². The summed E-state index contributed by atoms with van der Waals surface area (Å²) in [6.45, 7) is 0. The van der Waals surface area contributed by atoms with Crippen molar-refractivity contribution in [3.05, 3.63) is 222 Å². The summed E-state index contributed by atoms with van der Waals surface area (Å²) >= 11 is 1.85. The number of para-hydroxylation sites is 1. The van der Waals surface area contributed by atoms with E-state index in [4.69, 9.17) is 4.74 Å². The monoisotopic (exact) mass is 707 g/mol. The first-order chi connectivity index (χ1) is 26.8. The smallest absolute Gasteiger partial charge is 0.132 e. The van der Waals surface area contributed by atoms with Crippen LogP contribution in [0.5, 0.6) is 11.5 Å². The lowest BCUT2D eigenvalue weighted by Gasteiger charge is -2.41. The van der Waals surface area contributed by atoms with E-state index in [0.29, 0.717) is 0 Å². The summed E-state index contributed by atoms with van der Waals surface area (Å²) in [7, 11) is 0. The summed E-state index contributed by atoms with van der Waals surface area (Å²) < 4.78 is 6.74. The Morgan fingerprint density at radius 3 is 1.78 bits per heavy atom. The lowest BCUT2D eigenvalue weighted by Crippen LogP contribution is -2.34. The molecule has 0 aromatic heterocycles. The van der Waals surface area contributed by atoms with Gasteiger partial charge in [-0.3, -0.25) is 0 Å². The van der Waals surface area contributed by atoms with Crippen LogP contribution in [0.3, 0.4) is 0 Å². The largest absolute Gasteiger partial charge is 0.457 e. The van der Waals surface area contributed by atoms with Gasteiger partial charge in [0.05, 0.1) is 22.5 Å². The van der Waals surface area contributed by atoms with Crippen molar-refractivity contribution in [1.29, 1.82) is 0 Å². The number of anilines is 3. The minimum Gasteiger partial charge on any atom is -0.457 e. The molecule has 254 valence electrons. The first kappa shape index (κ1) is 31.0. The number of hydrogen-bond donors (Lipinski definition) is 0. The van der Waals surface area contributed by atoms with Gasteiger partial charge in [-0.15, -0.1) is 0 Å². The van der Waals surface area contributed by atoms with E-state index in [2.05, 4.69) is 205 Å². The van der Waals surface area contributed by atoms with Gasteiger partial charge in [-0.1, -0.05) is 163 Å². The molecule has 0 saturated carbocycles. The molecule has 2 nitrogen and oxygen atoms in total. The normalized spacial score (nSPS) is 13.7. The predicted octanol–water partition coefficient (Wildman–Crippen LogP) is 14.1. The van der Waals surface area contributed by atoms with Gasteiger partial charge in [-0.2, -0.15) is 0 Å². The Hall–Kier alpha value is -6.55. The Morgan fingerprint density at radius 1 is 0.389 bits per heavy atom. The molecule has 2 heterocycles. The number of nitrogens with zero attached hydrogens (tertiary/aromatic N) is 1. The van der Waals surface area contributed by atoms with Gasteiger partial charge in [0, 0.05) is 26.3 Å². The first-order valence-electron chi connectivity index (χ1n) is 18.4. The second-order valence-electron chi connectivity index (χ2n) is 14.1. The van der Waals surface area contributed by atoms with Gasteiger partial charge >= 0.3 is 0 Å². The highest BCUT2D eigenvalue weighted by Crippen LogP contribution is 2.57. The minimum absolute atomic E-state index is 0.582. The van der Waals surface area contributed by atoms with Crippen molar-refractivity contribution in [2.24, 2.45) is 0 Å². The summed E-state index contributed by atoms with van der Waals surface area (Å²) in [6.07, 6.45) is 0. The minimum atomic E-state index is -0.582. The number of hydrogen-bond acceptors (Lipinski definition) is 3. The molecule has 0 spiro atoms. The maximum Gasteiger partial charge on any atom is 0.132 e. The fourth-order valence-electron chi connectivity index (χ4n) is 8.72. The van der Waals surface area contributed by atoms with Gasteiger partial charge in [-0.05, 0) is 86.9 Å². The Bertz CT molecular complexity index is 2860. The molecular formula is C51H33NOS. The molecule has 0 amide bonds. The van der Waals surface area contributed by atoms with Crippen molar-refractivity contribution in [3.63, 3.8) is 0 Å². The van der Waals surface area contributed by atoms with Gasteiger partial charge in [0.15, 0.2) is 0 Å². The zero-order valence-corrected chi connectivity index (χ0v) is 30.1. The predicted molar refractivity (Wildman–Crippen MR) is 224 cm³/mol. The molecular weight excluding hydrogens is 675 g/mol. The van der Waals surface area contributed by atoms with Gasteiger partial charge in [0.25, 0.3) is 0 Å². The Morgan fingerprint density at radius 2 is 0.981 bits per heavy atom. The second kappa shape index (κ2) is 12.3. The van der Waals surface area contributed by atoms with Crippen LogP contribution in [0.4, 0.5) is 17.1 Å². The molecule has 0 N–H and O–H groups in total. The van der Waals surface area contributed by atoms with E-state index in [9.17, 15) is 0 Å². The van der Waals surface area contributed by atoms with Gasteiger partial charge in [-0.25, -0.2) is 0 Å². The second-order valence-corrected chi connectivity index (χ2v) is 15.2. The van der Waals surface area contributed by atoms with Gasteiger partial charge < -0.3 is 9.64 Å². The molecule has 0 fully saturated rings. The third-order valence-corrected chi connectivity index (χ3v) is 12.2.